The van der Waals surface area contributed by atoms with Crippen molar-refractivity contribution in [1.29, 1.82) is 0 Å². The van der Waals surface area contributed by atoms with Crippen molar-refractivity contribution < 1.29 is 9.53 Å². The predicted molar refractivity (Wildman–Crippen MR) is 133 cm³/mol. The Kier molecular flexibility index (Phi) is 7.54. The summed E-state index contributed by atoms with van der Waals surface area (Å²) in [4.78, 5) is 31.1. The zero-order valence-corrected chi connectivity index (χ0v) is 19.9. The molecule has 0 bridgehead atoms. The molecule has 1 amide bonds. The Morgan fingerprint density at radius 2 is 1.82 bits per heavy atom. The lowest BCUT2D eigenvalue weighted by atomic mass is 10.1. The maximum Gasteiger partial charge on any atom is 0.239 e. The van der Waals surface area contributed by atoms with E-state index in [2.05, 4.69) is 44.3 Å². The molecule has 0 saturated carbocycles. The average molecular weight is 462 g/mol. The first-order chi connectivity index (χ1) is 16.5. The van der Waals surface area contributed by atoms with E-state index >= 15 is 0 Å². The average Bonchev–Trinajstić information content (AvgIpc) is 2.85. The van der Waals surface area contributed by atoms with E-state index in [4.69, 9.17) is 9.72 Å². The van der Waals surface area contributed by atoms with Gasteiger partial charge in [0.1, 0.15) is 17.4 Å². The van der Waals surface area contributed by atoms with Crippen molar-refractivity contribution in [3.63, 3.8) is 0 Å². The van der Waals surface area contributed by atoms with Gasteiger partial charge < -0.3 is 24.8 Å². The molecule has 1 fully saturated rings. The highest BCUT2D eigenvalue weighted by Crippen LogP contribution is 2.26. The lowest BCUT2D eigenvalue weighted by Crippen LogP contribution is -2.44. The van der Waals surface area contributed by atoms with Gasteiger partial charge in [0.25, 0.3) is 0 Å². The van der Waals surface area contributed by atoms with E-state index in [1.165, 1.54) is 0 Å². The normalized spacial score (nSPS) is 14.0. The molecule has 0 aliphatic carbocycles. The molecule has 0 unspecified atom stereocenters. The maximum absolute atomic E-state index is 11.3. The Morgan fingerprint density at radius 3 is 2.56 bits per heavy atom. The molecule has 9 heteroatoms. The van der Waals surface area contributed by atoms with Crippen molar-refractivity contribution in [3.8, 4) is 22.9 Å². The first-order valence-corrected chi connectivity index (χ1v) is 11.4. The summed E-state index contributed by atoms with van der Waals surface area (Å²) in [6, 6.07) is 14.0. The predicted octanol–water partition coefficient (Wildman–Crippen LogP) is 2.97. The number of carbonyl (C=O) groups is 1. The fourth-order valence-corrected chi connectivity index (χ4v) is 3.60. The molecule has 178 valence electrons. The number of hydrogen-bond acceptors (Lipinski definition) is 8. The van der Waals surface area contributed by atoms with Gasteiger partial charge in [-0.05, 0) is 43.4 Å². The monoisotopic (exact) mass is 461 g/mol. The molecule has 1 saturated heterocycles. The molecule has 0 atom stereocenters. The minimum absolute atomic E-state index is 0.0228. The summed E-state index contributed by atoms with van der Waals surface area (Å²) in [6.07, 6.45) is 3.20. The van der Waals surface area contributed by atoms with Crippen LogP contribution in [0.4, 0.5) is 11.6 Å². The smallest absolute Gasteiger partial charge is 0.239 e. The Bertz CT molecular complexity index is 1100. The first kappa shape index (κ1) is 23.4. The number of nitrogens with zero attached hydrogens (tertiary/aromatic N) is 6. The number of ether oxygens (including phenoxy) is 1. The third-order valence-electron chi connectivity index (χ3n) is 5.84. The molecule has 0 radical (unpaired) electrons. The van der Waals surface area contributed by atoms with Gasteiger partial charge in [0, 0.05) is 58.8 Å². The molecule has 1 N–H and O–H groups in total. The molecule has 2 aromatic heterocycles. The number of benzene rings is 1. The van der Waals surface area contributed by atoms with Gasteiger partial charge in [-0.1, -0.05) is 6.07 Å². The van der Waals surface area contributed by atoms with Gasteiger partial charge in [0.05, 0.1) is 18.1 Å². The van der Waals surface area contributed by atoms with E-state index in [0.717, 1.165) is 43.3 Å². The minimum Gasteiger partial charge on any atom is -0.437 e. The number of hydrogen-bond donors (Lipinski definition) is 1. The van der Waals surface area contributed by atoms with Gasteiger partial charge in [-0.15, -0.1) is 0 Å². The minimum atomic E-state index is 0.0228. The van der Waals surface area contributed by atoms with Crippen LogP contribution in [0.5, 0.6) is 11.6 Å². The lowest BCUT2D eigenvalue weighted by Gasteiger charge is -2.33. The van der Waals surface area contributed by atoms with Crippen LogP contribution in [0.1, 0.15) is 6.92 Å². The summed E-state index contributed by atoms with van der Waals surface area (Å²) < 4.78 is 5.89. The molecular formula is C25H31N7O2. The quantitative estimate of drug-likeness (QED) is 0.548. The number of nitrogens with one attached hydrogen (secondary N) is 1. The zero-order chi connectivity index (χ0) is 23.9. The lowest BCUT2D eigenvalue weighted by molar-refractivity contribution is -0.127. The molecule has 0 spiro atoms. The number of carbonyl (C=O) groups excluding carboxylic acids is 1. The Labute approximate surface area is 200 Å². The van der Waals surface area contributed by atoms with Crippen molar-refractivity contribution in [3.05, 3.63) is 54.9 Å². The molecule has 34 heavy (non-hydrogen) atoms. The number of anilines is 2. The van der Waals surface area contributed by atoms with Crippen molar-refractivity contribution in [2.24, 2.45) is 0 Å². The number of likely N-dealkylation sites (N-methyl/N-ethyl adjacent to an activating group) is 2. The fourth-order valence-electron chi connectivity index (χ4n) is 3.60. The van der Waals surface area contributed by atoms with Gasteiger partial charge in [-0.2, -0.15) is 4.98 Å². The van der Waals surface area contributed by atoms with Gasteiger partial charge in [0.15, 0.2) is 0 Å². The highest BCUT2D eigenvalue weighted by Gasteiger charge is 2.15. The van der Waals surface area contributed by atoms with E-state index in [9.17, 15) is 4.79 Å². The standard InChI is InChI=1S/C25H31N7O2/c1-19(33)31(3)12-11-27-23-17-26-18-25(29-23)34-21-9-7-20(8-10-21)22-5-4-6-24(28-22)32-15-13-30(2)14-16-32/h4-10,17-18H,11-16H2,1-3H3,(H,27,29). The van der Waals surface area contributed by atoms with Crippen LogP contribution in [0, 0.1) is 0 Å². The van der Waals surface area contributed by atoms with Crippen LogP contribution >= 0.6 is 0 Å². The number of aromatic nitrogens is 3. The van der Waals surface area contributed by atoms with Crippen molar-refractivity contribution in [2.45, 2.75) is 6.92 Å². The molecular weight excluding hydrogens is 430 g/mol. The maximum atomic E-state index is 11.3. The van der Waals surface area contributed by atoms with Crippen LogP contribution in [-0.2, 0) is 4.79 Å². The van der Waals surface area contributed by atoms with Crippen LogP contribution in [0.2, 0.25) is 0 Å². The van der Waals surface area contributed by atoms with E-state index in [-0.39, 0.29) is 5.91 Å². The molecule has 9 nitrogen and oxygen atoms in total. The highest BCUT2D eigenvalue weighted by atomic mass is 16.5. The molecule has 4 rings (SSSR count). The second-order valence-electron chi connectivity index (χ2n) is 8.41. The van der Waals surface area contributed by atoms with Gasteiger partial charge in [-0.25, -0.2) is 4.98 Å². The van der Waals surface area contributed by atoms with Gasteiger partial charge in [-0.3, -0.25) is 9.78 Å². The summed E-state index contributed by atoms with van der Waals surface area (Å²) in [5, 5.41) is 3.16. The number of rotatable bonds is 8. The third-order valence-corrected chi connectivity index (χ3v) is 5.84. The van der Waals surface area contributed by atoms with Crippen molar-refractivity contribution >= 4 is 17.5 Å². The molecule has 1 aliphatic heterocycles. The van der Waals surface area contributed by atoms with Crippen molar-refractivity contribution in [2.75, 3.05) is 63.6 Å². The summed E-state index contributed by atoms with van der Waals surface area (Å²) in [5.41, 5.74) is 1.96. The molecule has 1 aliphatic rings. The highest BCUT2D eigenvalue weighted by molar-refractivity contribution is 5.72. The van der Waals surface area contributed by atoms with E-state index in [1.54, 1.807) is 31.3 Å². The number of piperazine rings is 1. The van der Waals surface area contributed by atoms with Gasteiger partial charge in [0.2, 0.25) is 11.8 Å². The third kappa shape index (κ3) is 6.20. The summed E-state index contributed by atoms with van der Waals surface area (Å²) in [5.74, 6) is 2.69. The second kappa shape index (κ2) is 10.9. The van der Waals surface area contributed by atoms with E-state index in [1.807, 2.05) is 30.3 Å². The number of amides is 1. The van der Waals surface area contributed by atoms with E-state index in [0.29, 0.717) is 30.5 Å². The van der Waals surface area contributed by atoms with E-state index < -0.39 is 0 Å². The van der Waals surface area contributed by atoms with Crippen LogP contribution < -0.4 is 15.0 Å². The first-order valence-electron chi connectivity index (χ1n) is 11.4. The Balaban J connectivity index is 1.37. The fraction of sp³-hybridized carbons (Fsp3) is 0.360. The van der Waals surface area contributed by atoms with Crippen LogP contribution in [0.25, 0.3) is 11.3 Å². The Hall–Kier alpha value is -3.72. The zero-order valence-electron chi connectivity index (χ0n) is 19.9. The SMILES string of the molecule is CC(=O)N(C)CCNc1cncc(Oc2ccc(-c3cccc(N4CCN(C)CC4)n3)cc2)n1. The number of pyridine rings is 1. The topological polar surface area (TPSA) is 86.7 Å². The van der Waals surface area contributed by atoms with Crippen LogP contribution in [-0.4, -0.2) is 84.0 Å². The van der Waals surface area contributed by atoms with Gasteiger partial charge >= 0.3 is 0 Å². The molecule has 3 heterocycles. The summed E-state index contributed by atoms with van der Waals surface area (Å²) >= 11 is 0. The van der Waals surface area contributed by atoms with Crippen molar-refractivity contribution in [1.82, 2.24) is 24.8 Å². The summed E-state index contributed by atoms with van der Waals surface area (Å²) in [6.45, 7) is 6.76. The molecule has 1 aromatic carbocycles. The van der Waals surface area contributed by atoms with Crippen LogP contribution in [0.3, 0.4) is 0 Å². The second-order valence-corrected chi connectivity index (χ2v) is 8.41. The summed E-state index contributed by atoms with van der Waals surface area (Å²) in [7, 11) is 3.91. The molecule has 3 aromatic rings. The van der Waals surface area contributed by atoms with Crippen LogP contribution in [0.15, 0.2) is 54.9 Å². The Morgan fingerprint density at radius 1 is 1.06 bits per heavy atom. The largest absolute Gasteiger partial charge is 0.437 e.